The molecule has 2 N–H and O–H groups in total. The van der Waals surface area contributed by atoms with Crippen LogP contribution >= 0.6 is 0 Å². The molecule has 0 saturated carbocycles. The first-order valence-electron chi connectivity index (χ1n) is 10.5. The summed E-state index contributed by atoms with van der Waals surface area (Å²) in [4.78, 5) is 10.6. The van der Waals surface area contributed by atoms with Crippen LogP contribution in [0.2, 0.25) is 0 Å². The maximum Gasteiger partial charge on any atom is 1.00 e. The smallest absolute Gasteiger partial charge is 0.550 e. The van der Waals surface area contributed by atoms with Gasteiger partial charge < -0.3 is 24.9 Å². The number of carboxylic acid groups (broad SMARTS) is 1. The quantitative estimate of drug-likeness (QED) is 0.540. The second-order valence-electron chi connectivity index (χ2n) is 9.28. The molecule has 0 bridgehead atoms. The summed E-state index contributed by atoms with van der Waals surface area (Å²) in [5, 5.41) is 30.6. The van der Waals surface area contributed by atoms with Gasteiger partial charge in [0, 0.05) is 24.4 Å². The average molecular weight is 455 g/mol. The maximum absolute atomic E-state index is 13.5. The monoisotopic (exact) mass is 454 g/mol. The molecule has 2 aromatic carbocycles. The molecule has 7 heteroatoms. The van der Waals surface area contributed by atoms with Gasteiger partial charge in [-0.3, -0.25) is 0 Å². The zero-order chi connectivity index (χ0) is 23.3. The molecule has 0 aliphatic heterocycles. The molecular formula is C25H32FNaO5. The van der Waals surface area contributed by atoms with Gasteiger partial charge in [0.1, 0.15) is 18.2 Å². The number of rotatable bonds is 9. The van der Waals surface area contributed by atoms with E-state index < -0.39 is 24.6 Å². The molecule has 0 aliphatic carbocycles. The van der Waals surface area contributed by atoms with Crippen LogP contribution in [0.3, 0.4) is 0 Å². The standard InChI is InChI=1S/C25H33FO5.Na/c1-15(2)21-10-17(25(3,4)5)11-22(16-6-8-18(26)9-7-16)24(21)31-14-20(28)12-19(27)13-23(29)30;/h6-11,15,19-20,27-28H,12-14H2,1-5H3,(H,29,30);/q;+1/p-1/t19-,20?;/m1./s1. The SMILES string of the molecule is CC(C)c1cc(C(C)(C)C)cc(-c2ccc(F)cc2)c1OCC(O)C[C@@H](O)CC(=O)[O-].[Na+]. The molecule has 170 valence electrons. The van der Waals surface area contributed by atoms with Gasteiger partial charge in [-0.05, 0) is 46.2 Å². The molecule has 0 heterocycles. The van der Waals surface area contributed by atoms with E-state index in [1.807, 2.05) is 19.9 Å². The summed E-state index contributed by atoms with van der Waals surface area (Å²) in [5.74, 6) is -1.00. The van der Waals surface area contributed by atoms with Gasteiger partial charge in [0.15, 0.2) is 0 Å². The van der Waals surface area contributed by atoms with Crippen molar-refractivity contribution in [1.29, 1.82) is 0 Å². The number of aliphatic carboxylic acids is 1. The minimum absolute atomic E-state index is 0. The number of carbonyl (C=O) groups is 1. The topological polar surface area (TPSA) is 89.8 Å². The number of carboxylic acids is 1. The number of aliphatic hydroxyl groups excluding tert-OH is 2. The Morgan fingerprint density at radius 3 is 2.19 bits per heavy atom. The summed E-state index contributed by atoms with van der Waals surface area (Å²) in [5.41, 5.74) is 3.52. The van der Waals surface area contributed by atoms with Gasteiger partial charge in [0.2, 0.25) is 0 Å². The average Bonchev–Trinajstić information content (AvgIpc) is 2.64. The van der Waals surface area contributed by atoms with E-state index in [9.17, 15) is 24.5 Å². The molecule has 2 atom stereocenters. The van der Waals surface area contributed by atoms with Gasteiger partial charge in [-0.1, -0.05) is 52.8 Å². The van der Waals surface area contributed by atoms with Crippen molar-refractivity contribution >= 4 is 5.97 Å². The van der Waals surface area contributed by atoms with Crippen LogP contribution in [0.25, 0.3) is 11.1 Å². The minimum Gasteiger partial charge on any atom is -0.550 e. The number of halogens is 1. The van der Waals surface area contributed by atoms with Crippen molar-refractivity contribution in [2.75, 3.05) is 6.61 Å². The van der Waals surface area contributed by atoms with Crippen LogP contribution in [-0.2, 0) is 10.2 Å². The molecule has 0 saturated heterocycles. The first-order chi connectivity index (χ1) is 14.4. The van der Waals surface area contributed by atoms with Crippen molar-refractivity contribution in [3.8, 4) is 16.9 Å². The van der Waals surface area contributed by atoms with E-state index in [2.05, 4.69) is 26.8 Å². The molecule has 0 spiro atoms. The summed E-state index contributed by atoms with van der Waals surface area (Å²) < 4.78 is 19.5. The van der Waals surface area contributed by atoms with Gasteiger partial charge in [-0.2, -0.15) is 0 Å². The number of carbonyl (C=O) groups excluding carboxylic acids is 1. The van der Waals surface area contributed by atoms with Gasteiger partial charge in [0.25, 0.3) is 0 Å². The van der Waals surface area contributed by atoms with Crippen molar-refractivity contribution in [3.05, 3.63) is 53.3 Å². The van der Waals surface area contributed by atoms with Crippen molar-refractivity contribution in [2.45, 2.75) is 71.0 Å². The molecule has 1 unspecified atom stereocenters. The van der Waals surface area contributed by atoms with Crippen LogP contribution in [0, 0.1) is 5.82 Å². The first-order valence-corrected chi connectivity index (χ1v) is 10.5. The van der Waals surface area contributed by atoms with Crippen molar-refractivity contribution in [2.24, 2.45) is 0 Å². The van der Waals surface area contributed by atoms with Crippen LogP contribution in [0.1, 0.15) is 64.5 Å². The molecule has 2 rings (SSSR count). The Bertz CT molecular complexity index is 890. The summed E-state index contributed by atoms with van der Waals surface area (Å²) >= 11 is 0. The Labute approximate surface area is 211 Å². The maximum atomic E-state index is 13.5. The number of benzene rings is 2. The van der Waals surface area contributed by atoms with Crippen LogP contribution in [0.4, 0.5) is 4.39 Å². The van der Waals surface area contributed by atoms with Gasteiger partial charge >= 0.3 is 29.6 Å². The second-order valence-corrected chi connectivity index (χ2v) is 9.28. The van der Waals surface area contributed by atoms with E-state index in [-0.39, 0.29) is 59.7 Å². The van der Waals surface area contributed by atoms with Crippen LogP contribution in [-0.4, -0.2) is 35.0 Å². The number of hydrogen-bond donors (Lipinski definition) is 2. The summed E-state index contributed by atoms with van der Waals surface area (Å²) in [6.07, 6.45) is -2.96. The fourth-order valence-corrected chi connectivity index (χ4v) is 3.36. The van der Waals surface area contributed by atoms with E-state index in [0.717, 1.165) is 22.3 Å². The van der Waals surface area contributed by atoms with E-state index in [1.54, 1.807) is 12.1 Å². The van der Waals surface area contributed by atoms with Crippen molar-refractivity contribution in [1.82, 2.24) is 0 Å². The van der Waals surface area contributed by atoms with Gasteiger partial charge in [0.05, 0.1) is 12.2 Å². The fourth-order valence-electron chi connectivity index (χ4n) is 3.36. The summed E-state index contributed by atoms with van der Waals surface area (Å²) in [6.45, 7) is 10.3. The molecular weight excluding hydrogens is 422 g/mol. The predicted octanol–water partition coefficient (Wildman–Crippen LogP) is 0.548. The zero-order valence-corrected chi connectivity index (χ0v) is 21.8. The third-order valence-corrected chi connectivity index (χ3v) is 5.13. The Balaban J connectivity index is 0.00000512. The third kappa shape index (κ3) is 8.16. The number of hydrogen-bond acceptors (Lipinski definition) is 5. The molecule has 5 nitrogen and oxygen atoms in total. The van der Waals surface area contributed by atoms with Crippen LogP contribution < -0.4 is 39.4 Å². The summed E-state index contributed by atoms with van der Waals surface area (Å²) in [7, 11) is 0. The van der Waals surface area contributed by atoms with Crippen molar-refractivity contribution in [3.63, 3.8) is 0 Å². The Kier molecular flexibility index (Phi) is 10.9. The first kappa shape index (κ1) is 28.6. The Hall–Kier alpha value is -1.44. The van der Waals surface area contributed by atoms with E-state index in [1.165, 1.54) is 12.1 Å². The summed E-state index contributed by atoms with van der Waals surface area (Å²) in [6, 6.07) is 10.3. The van der Waals surface area contributed by atoms with Crippen LogP contribution in [0.15, 0.2) is 36.4 Å². The van der Waals surface area contributed by atoms with Gasteiger partial charge in [-0.15, -0.1) is 0 Å². The molecule has 2 aromatic rings. The molecule has 0 aliphatic rings. The van der Waals surface area contributed by atoms with Gasteiger partial charge in [-0.25, -0.2) is 4.39 Å². The number of aliphatic hydroxyl groups is 2. The van der Waals surface area contributed by atoms with E-state index in [4.69, 9.17) is 4.74 Å². The number of ether oxygens (including phenoxy) is 1. The van der Waals surface area contributed by atoms with Crippen molar-refractivity contribution < 1.29 is 58.8 Å². The third-order valence-electron chi connectivity index (χ3n) is 5.13. The van der Waals surface area contributed by atoms with E-state index in [0.29, 0.717) is 5.75 Å². The molecule has 0 radical (unpaired) electrons. The second kappa shape index (κ2) is 12.1. The Morgan fingerprint density at radius 1 is 1.09 bits per heavy atom. The van der Waals surface area contributed by atoms with Crippen LogP contribution in [0.5, 0.6) is 5.75 Å². The molecule has 32 heavy (non-hydrogen) atoms. The molecule has 0 fully saturated rings. The minimum atomic E-state index is -1.38. The predicted molar refractivity (Wildman–Crippen MR) is 116 cm³/mol. The van der Waals surface area contributed by atoms with E-state index >= 15 is 0 Å². The molecule has 0 aromatic heterocycles. The zero-order valence-electron chi connectivity index (χ0n) is 19.8. The molecule has 0 amide bonds. The fraction of sp³-hybridized carbons (Fsp3) is 0.480. The normalized spacial score (nSPS) is 13.4. The Morgan fingerprint density at radius 2 is 1.69 bits per heavy atom. The largest absolute Gasteiger partial charge is 1.00 e.